The summed E-state index contributed by atoms with van der Waals surface area (Å²) in [5.41, 5.74) is 6.44. The Labute approximate surface area is 102 Å². The van der Waals surface area contributed by atoms with E-state index in [1.807, 2.05) is 11.6 Å². The molecule has 2 unspecified atom stereocenters. The quantitative estimate of drug-likeness (QED) is 0.818. The lowest BCUT2D eigenvalue weighted by Crippen LogP contribution is -2.53. The Kier molecular flexibility index (Phi) is 3.33. The minimum Gasteiger partial charge on any atom is -0.326 e. The summed E-state index contributed by atoms with van der Waals surface area (Å²) in [4.78, 5) is 6.95. The first kappa shape index (κ1) is 12.0. The van der Waals surface area contributed by atoms with Gasteiger partial charge in [-0.1, -0.05) is 0 Å². The summed E-state index contributed by atoms with van der Waals surface area (Å²) in [6.07, 6.45) is 4.18. The molecule has 0 aromatic carbocycles. The molecule has 16 heavy (non-hydrogen) atoms. The summed E-state index contributed by atoms with van der Waals surface area (Å²) in [5.74, 6) is 0. The molecule has 1 aromatic heterocycles. The topological polar surface area (TPSA) is 42.1 Å². The van der Waals surface area contributed by atoms with Crippen molar-refractivity contribution in [3.05, 3.63) is 16.6 Å². The summed E-state index contributed by atoms with van der Waals surface area (Å²) < 4.78 is 0. The molecule has 2 N–H and O–H groups in total. The predicted molar refractivity (Wildman–Crippen MR) is 68.5 cm³/mol. The molecule has 4 heteroatoms. The van der Waals surface area contributed by atoms with Gasteiger partial charge in [0.25, 0.3) is 0 Å². The number of likely N-dealkylation sites (tertiary alicyclic amines) is 1. The van der Waals surface area contributed by atoms with Crippen molar-refractivity contribution in [2.45, 2.75) is 51.2 Å². The van der Waals surface area contributed by atoms with Crippen LogP contribution in [0.1, 0.15) is 44.7 Å². The maximum absolute atomic E-state index is 6.28. The SMILES string of the molecule is CC(C)(C)N1CCCC(N)C1c1nccs1. The van der Waals surface area contributed by atoms with Crippen molar-refractivity contribution in [2.24, 2.45) is 5.73 Å². The minimum absolute atomic E-state index is 0.161. The highest BCUT2D eigenvalue weighted by Crippen LogP contribution is 2.36. The van der Waals surface area contributed by atoms with E-state index in [2.05, 4.69) is 30.7 Å². The second-order valence-corrected chi connectivity index (χ2v) is 6.41. The first-order valence-corrected chi connectivity index (χ1v) is 6.80. The molecule has 1 aliphatic rings. The van der Waals surface area contributed by atoms with Crippen molar-refractivity contribution in [1.82, 2.24) is 9.88 Å². The average Bonchev–Trinajstić information content (AvgIpc) is 2.68. The molecule has 2 heterocycles. The fourth-order valence-electron chi connectivity index (χ4n) is 2.48. The molecule has 0 aliphatic carbocycles. The Hall–Kier alpha value is -0.450. The Morgan fingerprint density at radius 2 is 2.25 bits per heavy atom. The third-order valence-corrected chi connectivity index (χ3v) is 4.09. The fraction of sp³-hybridized carbons (Fsp3) is 0.750. The summed E-state index contributed by atoms with van der Waals surface area (Å²) in [6.45, 7) is 7.89. The van der Waals surface area contributed by atoms with Crippen LogP contribution in [0.15, 0.2) is 11.6 Å². The van der Waals surface area contributed by atoms with Crippen LogP contribution in [0, 0.1) is 0 Å². The molecule has 1 aliphatic heterocycles. The number of nitrogens with two attached hydrogens (primary N) is 1. The van der Waals surface area contributed by atoms with Crippen molar-refractivity contribution in [2.75, 3.05) is 6.54 Å². The van der Waals surface area contributed by atoms with E-state index in [0.29, 0.717) is 6.04 Å². The van der Waals surface area contributed by atoms with Crippen LogP contribution in [0.2, 0.25) is 0 Å². The Bertz CT molecular complexity index is 329. The smallest absolute Gasteiger partial charge is 0.111 e. The molecule has 2 rings (SSSR count). The molecule has 0 spiro atoms. The minimum atomic E-state index is 0.161. The lowest BCUT2D eigenvalue weighted by molar-refractivity contribution is 0.0383. The largest absolute Gasteiger partial charge is 0.326 e. The Balaban J connectivity index is 2.28. The van der Waals surface area contributed by atoms with E-state index in [4.69, 9.17) is 5.73 Å². The molecule has 0 saturated carbocycles. The van der Waals surface area contributed by atoms with Gasteiger partial charge in [0.05, 0.1) is 6.04 Å². The van der Waals surface area contributed by atoms with Gasteiger partial charge < -0.3 is 5.73 Å². The molecule has 2 atom stereocenters. The van der Waals surface area contributed by atoms with E-state index < -0.39 is 0 Å². The highest BCUT2D eigenvalue weighted by molar-refractivity contribution is 7.09. The van der Waals surface area contributed by atoms with Crippen LogP contribution in [0.3, 0.4) is 0 Å². The maximum Gasteiger partial charge on any atom is 0.111 e. The van der Waals surface area contributed by atoms with Crippen LogP contribution in [0.5, 0.6) is 0 Å². The van der Waals surface area contributed by atoms with Crippen molar-refractivity contribution >= 4 is 11.3 Å². The van der Waals surface area contributed by atoms with Crippen LogP contribution in [0.4, 0.5) is 0 Å². The van der Waals surface area contributed by atoms with Crippen LogP contribution in [0.25, 0.3) is 0 Å². The molecule has 1 fully saturated rings. The highest BCUT2D eigenvalue weighted by atomic mass is 32.1. The summed E-state index contributed by atoms with van der Waals surface area (Å²) in [7, 11) is 0. The molecule has 90 valence electrons. The highest BCUT2D eigenvalue weighted by Gasteiger charge is 2.37. The normalized spacial score (nSPS) is 28.2. The van der Waals surface area contributed by atoms with Gasteiger partial charge in [0.15, 0.2) is 0 Å². The van der Waals surface area contributed by atoms with Crippen LogP contribution in [-0.2, 0) is 0 Å². The third kappa shape index (κ3) is 2.29. The van der Waals surface area contributed by atoms with Gasteiger partial charge in [0.2, 0.25) is 0 Å². The third-order valence-electron chi connectivity index (χ3n) is 3.24. The lowest BCUT2D eigenvalue weighted by atomic mass is 9.91. The fourth-order valence-corrected chi connectivity index (χ4v) is 3.30. The molecule has 0 bridgehead atoms. The van der Waals surface area contributed by atoms with E-state index in [9.17, 15) is 0 Å². The van der Waals surface area contributed by atoms with E-state index in [1.165, 1.54) is 11.4 Å². The summed E-state index contributed by atoms with van der Waals surface area (Å²) >= 11 is 1.72. The van der Waals surface area contributed by atoms with Crippen molar-refractivity contribution < 1.29 is 0 Å². The number of thiazole rings is 1. The van der Waals surface area contributed by atoms with Crippen LogP contribution in [-0.4, -0.2) is 28.0 Å². The van der Waals surface area contributed by atoms with Gasteiger partial charge in [-0.15, -0.1) is 11.3 Å². The van der Waals surface area contributed by atoms with Crippen LogP contribution < -0.4 is 5.73 Å². The zero-order chi connectivity index (χ0) is 11.8. The van der Waals surface area contributed by atoms with Gasteiger partial charge >= 0.3 is 0 Å². The summed E-state index contributed by atoms with van der Waals surface area (Å²) in [5, 5.41) is 3.21. The van der Waals surface area contributed by atoms with Gasteiger partial charge in [-0.2, -0.15) is 0 Å². The van der Waals surface area contributed by atoms with Crippen LogP contribution >= 0.6 is 11.3 Å². The number of piperidine rings is 1. The lowest BCUT2D eigenvalue weighted by Gasteiger charge is -2.46. The first-order valence-electron chi connectivity index (χ1n) is 5.92. The van der Waals surface area contributed by atoms with Gasteiger partial charge in [0, 0.05) is 23.2 Å². The molecule has 0 radical (unpaired) electrons. The zero-order valence-corrected chi connectivity index (χ0v) is 11.1. The number of nitrogens with zero attached hydrogens (tertiary/aromatic N) is 2. The molecular weight excluding hydrogens is 218 g/mol. The Morgan fingerprint density at radius 3 is 2.81 bits per heavy atom. The van der Waals surface area contributed by atoms with Gasteiger partial charge in [0.1, 0.15) is 5.01 Å². The van der Waals surface area contributed by atoms with E-state index in [0.717, 1.165) is 13.0 Å². The zero-order valence-electron chi connectivity index (χ0n) is 10.3. The number of aromatic nitrogens is 1. The molecular formula is C12H21N3S. The second-order valence-electron chi connectivity index (χ2n) is 5.49. The predicted octanol–water partition coefficient (Wildman–Crippen LogP) is 2.41. The number of rotatable bonds is 1. The number of hydrogen-bond acceptors (Lipinski definition) is 4. The number of hydrogen-bond donors (Lipinski definition) is 1. The monoisotopic (exact) mass is 239 g/mol. The summed E-state index contributed by atoms with van der Waals surface area (Å²) in [6, 6.07) is 0.521. The molecule has 1 saturated heterocycles. The molecule has 1 aromatic rings. The maximum atomic E-state index is 6.28. The van der Waals surface area contributed by atoms with Crippen molar-refractivity contribution in [3.8, 4) is 0 Å². The van der Waals surface area contributed by atoms with Crippen molar-refractivity contribution in [1.29, 1.82) is 0 Å². The van der Waals surface area contributed by atoms with Gasteiger partial charge in [-0.3, -0.25) is 4.90 Å². The van der Waals surface area contributed by atoms with Gasteiger partial charge in [-0.25, -0.2) is 4.98 Å². The Morgan fingerprint density at radius 1 is 1.50 bits per heavy atom. The van der Waals surface area contributed by atoms with E-state index in [-0.39, 0.29) is 11.6 Å². The standard InChI is InChI=1S/C12H21N3S/c1-12(2,3)15-7-4-5-9(13)10(15)11-14-6-8-16-11/h6,8-10H,4-5,7,13H2,1-3H3. The van der Waals surface area contributed by atoms with E-state index in [1.54, 1.807) is 11.3 Å². The molecule has 0 amide bonds. The second kappa shape index (κ2) is 4.43. The molecule has 3 nitrogen and oxygen atoms in total. The average molecular weight is 239 g/mol. The first-order chi connectivity index (χ1) is 7.50. The van der Waals surface area contributed by atoms with Gasteiger partial charge in [-0.05, 0) is 40.2 Å². The van der Waals surface area contributed by atoms with E-state index >= 15 is 0 Å². The van der Waals surface area contributed by atoms with Crippen molar-refractivity contribution in [3.63, 3.8) is 0 Å².